The average molecular weight is 437 g/mol. The fraction of sp³-hybridized carbons (Fsp3) is 0.238. The Labute approximate surface area is 177 Å². The normalized spacial score (nSPS) is 14.1. The van der Waals surface area contributed by atoms with E-state index in [9.17, 15) is 13.2 Å². The van der Waals surface area contributed by atoms with Crippen molar-refractivity contribution in [1.29, 1.82) is 0 Å². The lowest BCUT2D eigenvalue weighted by Crippen LogP contribution is -2.23. The zero-order valence-electron chi connectivity index (χ0n) is 16.7. The molecule has 0 amide bonds. The molecular weight excluding hydrogens is 418 g/mol. The monoisotopic (exact) mass is 437 g/mol. The Kier molecular flexibility index (Phi) is 4.58. The van der Waals surface area contributed by atoms with Gasteiger partial charge in [0.15, 0.2) is 0 Å². The van der Waals surface area contributed by atoms with Crippen molar-refractivity contribution in [2.45, 2.75) is 35.2 Å². The first-order valence-electron chi connectivity index (χ1n) is 9.75. The summed E-state index contributed by atoms with van der Waals surface area (Å²) < 4.78 is 34.1. The lowest BCUT2D eigenvalue weighted by atomic mass is 10.2. The lowest BCUT2D eigenvalue weighted by Gasteiger charge is -2.08. The number of methoxy groups -OCH3 is 1. The minimum atomic E-state index is -3.79. The topological polar surface area (TPSA) is 109 Å². The molecular formula is C21H19N5O4S. The summed E-state index contributed by atoms with van der Waals surface area (Å²) in [5.41, 5.74) is 0.459. The first-order valence-corrected chi connectivity index (χ1v) is 11.2. The summed E-state index contributed by atoms with van der Waals surface area (Å²) in [7, 11) is -2.34. The number of hydrogen-bond donors (Lipinski definition) is 0. The Bertz CT molecular complexity index is 1440. The molecule has 1 saturated carbocycles. The van der Waals surface area contributed by atoms with Gasteiger partial charge in [-0.3, -0.25) is 9.48 Å². The molecule has 0 aliphatic heterocycles. The second-order valence-corrected chi connectivity index (χ2v) is 9.36. The molecule has 31 heavy (non-hydrogen) atoms. The van der Waals surface area contributed by atoms with E-state index >= 15 is 0 Å². The molecule has 5 rings (SSSR count). The molecule has 1 aliphatic rings. The number of pyridine rings is 1. The van der Waals surface area contributed by atoms with E-state index in [1.807, 2.05) is 16.9 Å². The van der Waals surface area contributed by atoms with Crippen LogP contribution in [0.15, 0.2) is 69.6 Å². The van der Waals surface area contributed by atoms with Gasteiger partial charge < -0.3 is 4.74 Å². The third-order valence-corrected chi connectivity index (χ3v) is 7.00. The maximum Gasteiger partial charge on any atom is 0.274 e. The van der Waals surface area contributed by atoms with Gasteiger partial charge in [0.05, 0.1) is 46.8 Å². The van der Waals surface area contributed by atoms with Crippen LogP contribution in [0.2, 0.25) is 0 Å². The Morgan fingerprint density at radius 3 is 2.61 bits per heavy atom. The van der Waals surface area contributed by atoms with Crippen LogP contribution in [-0.4, -0.2) is 40.1 Å². The van der Waals surface area contributed by atoms with E-state index in [1.165, 1.54) is 54.5 Å². The number of rotatable bonds is 6. The molecule has 1 aliphatic carbocycles. The van der Waals surface area contributed by atoms with Gasteiger partial charge in [0, 0.05) is 23.8 Å². The van der Waals surface area contributed by atoms with Crippen molar-refractivity contribution < 1.29 is 13.2 Å². The maximum absolute atomic E-state index is 12.9. The van der Waals surface area contributed by atoms with Crippen molar-refractivity contribution in [3.63, 3.8) is 0 Å². The average Bonchev–Trinajstić information content (AvgIpc) is 3.54. The number of fused-ring (bicyclic) bond motifs is 1. The molecule has 0 spiro atoms. The van der Waals surface area contributed by atoms with E-state index in [0.717, 1.165) is 18.5 Å². The lowest BCUT2D eigenvalue weighted by molar-refractivity contribution is 0.397. The minimum Gasteiger partial charge on any atom is -0.481 e. The highest BCUT2D eigenvalue weighted by atomic mass is 32.2. The maximum atomic E-state index is 12.9. The van der Waals surface area contributed by atoms with Crippen LogP contribution in [0.3, 0.4) is 0 Å². The van der Waals surface area contributed by atoms with E-state index in [1.54, 1.807) is 0 Å². The smallest absolute Gasteiger partial charge is 0.274 e. The van der Waals surface area contributed by atoms with Crippen LogP contribution in [0.25, 0.3) is 10.8 Å². The van der Waals surface area contributed by atoms with Gasteiger partial charge in [0.1, 0.15) is 0 Å². The van der Waals surface area contributed by atoms with Crippen molar-refractivity contribution in [2.75, 3.05) is 7.11 Å². The molecule has 0 radical (unpaired) electrons. The van der Waals surface area contributed by atoms with Crippen LogP contribution >= 0.6 is 0 Å². The number of aromatic nitrogens is 5. The van der Waals surface area contributed by atoms with E-state index in [-0.39, 0.29) is 21.9 Å². The molecule has 0 N–H and O–H groups in total. The standard InChI is InChI=1S/C21H19N5O4S/c1-30-20-7-5-18(12-22-20)31(28,29)17-4-6-19-14(10-17)11-23-26(21(19)27)13-15-8-9-25(24-15)16-2-3-16/h4-12,16H,2-3,13H2,1H3. The van der Waals surface area contributed by atoms with E-state index in [0.29, 0.717) is 22.7 Å². The summed E-state index contributed by atoms with van der Waals surface area (Å²) in [4.78, 5) is 16.9. The van der Waals surface area contributed by atoms with Crippen molar-refractivity contribution in [3.8, 4) is 5.88 Å². The van der Waals surface area contributed by atoms with Crippen LogP contribution in [-0.2, 0) is 16.4 Å². The highest BCUT2D eigenvalue weighted by Crippen LogP contribution is 2.33. The van der Waals surface area contributed by atoms with Gasteiger partial charge in [-0.2, -0.15) is 10.2 Å². The highest BCUT2D eigenvalue weighted by Gasteiger charge is 2.24. The van der Waals surface area contributed by atoms with Crippen molar-refractivity contribution in [3.05, 3.63) is 71.0 Å². The molecule has 3 aromatic heterocycles. The van der Waals surface area contributed by atoms with Gasteiger partial charge in [0.25, 0.3) is 5.56 Å². The van der Waals surface area contributed by atoms with E-state index in [2.05, 4.69) is 15.2 Å². The highest BCUT2D eigenvalue weighted by molar-refractivity contribution is 7.91. The second kappa shape index (κ2) is 7.31. The zero-order chi connectivity index (χ0) is 21.6. The summed E-state index contributed by atoms with van der Waals surface area (Å²) in [5, 5.41) is 9.57. The van der Waals surface area contributed by atoms with Crippen LogP contribution < -0.4 is 10.3 Å². The third kappa shape index (κ3) is 3.59. The molecule has 0 saturated heterocycles. The van der Waals surface area contributed by atoms with Crippen molar-refractivity contribution in [1.82, 2.24) is 24.5 Å². The summed E-state index contributed by atoms with van der Waals surface area (Å²) in [6.45, 7) is 0.256. The summed E-state index contributed by atoms with van der Waals surface area (Å²) >= 11 is 0. The number of hydrogen-bond acceptors (Lipinski definition) is 7. The van der Waals surface area contributed by atoms with Gasteiger partial charge in [-0.05, 0) is 43.2 Å². The van der Waals surface area contributed by atoms with Crippen LogP contribution in [0.4, 0.5) is 0 Å². The first kappa shape index (κ1) is 19.4. The molecule has 9 nitrogen and oxygen atoms in total. The molecule has 158 valence electrons. The Morgan fingerprint density at radius 2 is 1.90 bits per heavy atom. The van der Waals surface area contributed by atoms with Crippen LogP contribution in [0, 0.1) is 0 Å². The molecule has 10 heteroatoms. The first-order chi connectivity index (χ1) is 15.0. The van der Waals surface area contributed by atoms with Gasteiger partial charge in [-0.1, -0.05) is 0 Å². The zero-order valence-corrected chi connectivity index (χ0v) is 17.5. The number of nitrogens with zero attached hydrogens (tertiary/aromatic N) is 5. The molecule has 0 unspecified atom stereocenters. The summed E-state index contributed by atoms with van der Waals surface area (Å²) in [5.74, 6) is 0.323. The predicted octanol–water partition coefficient (Wildman–Crippen LogP) is 2.21. The number of sulfone groups is 1. The molecule has 1 fully saturated rings. The van der Waals surface area contributed by atoms with Gasteiger partial charge in [-0.15, -0.1) is 0 Å². The van der Waals surface area contributed by atoms with Crippen molar-refractivity contribution in [2.24, 2.45) is 0 Å². The Morgan fingerprint density at radius 1 is 1.10 bits per heavy atom. The van der Waals surface area contributed by atoms with Crippen molar-refractivity contribution >= 4 is 20.6 Å². The molecule has 0 bridgehead atoms. The fourth-order valence-corrected chi connectivity index (χ4v) is 4.63. The van der Waals surface area contributed by atoms with Gasteiger partial charge in [0.2, 0.25) is 15.7 Å². The second-order valence-electron chi connectivity index (χ2n) is 7.41. The SMILES string of the molecule is COc1ccc(S(=O)(=O)c2ccc3c(=O)n(Cc4ccn(C5CC5)n4)ncc3c2)cn1. The summed E-state index contributed by atoms with van der Waals surface area (Å²) in [6, 6.07) is 9.67. The van der Waals surface area contributed by atoms with Gasteiger partial charge >= 0.3 is 0 Å². The third-order valence-electron chi connectivity index (χ3n) is 5.26. The predicted molar refractivity (Wildman–Crippen MR) is 112 cm³/mol. The van der Waals surface area contributed by atoms with Crippen LogP contribution in [0.1, 0.15) is 24.6 Å². The largest absolute Gasteiger partial charge is 0.481 e. The molecule has 1 aromatic carbocycles. The molecule has 4 aromatic rings. The summed E-state index contributed by atoms with van der Waals surface area (Å²) in [6.07, 6.45) is 6.93. The quantitative estimate of drug-likeness (QED) is 0.455. The fourth-order valence-electron chi connectivity index (χ4n) is 3.39. The minimum absolute atomic E-state index is 0.0419. The number of benzene rings is 1. The molecule has 0 atom stereocenters. The van der Waals surface area contributed by atoms with E-state index in [4.69, 9.17) is 4.74 Å². The van der Waals surface area contributed by atoms with Crippen LogP contribution in [0.5, 0.6) is 5.88 Å². The molecule has 3 heterocycles. The number of ether oxygens (including phenoxy) is 1. The van der Waals surface area contributed by atoms with Gasteiger partial charge in [-0.25, -0.2) is 18.1 Å². The Hall–Kier alpha value is -3.53. The van der Waals surface area contributed by atoms with E-state index < -0.39 is 9.84 Å². The Balaban J connectivity index is 1.47.